The minimum atomic E-state index is -0.639. The van der Waals surface area contributed by atoms with E-state index < -0.39 is 11.5 Å². The van der Waals surface area contributed by atoms with Crippen molar-refractivity contribution in [3.63, 3.8) is 0 Å². The number of nitrogens with one attached hydrogen (secondary N) is 1. The number of nitrogen functional groups attached to an aromatic ring is 1. The SMILES string of the molecule is CCOC(=O)c1c(C)nc2[nH]c(=O)c(C#N)c(N)c2c1-c1ccc(Cl)cc1. The Morgan fingerprint density at radius 1 is 1.37 bits per heavy atom. The van der Waals surface area contributed by atoms with Crippen molar-refractivity contribution >= 4 is 34.3 Å². The number of benzene rings is 1. The summed E-state index contributed by atoms with van der Waals surface area (Å²) < 4.78 is 5.18. The van der Waals surface area contributed by atoms with Crippen LogP contribution in [-0.4, -0.2) is 22.5 Å². The Kier molecular flexibility index (Phi) is 4.84. The molecule has 0 bridgehead atoms. The number of carbonyl (C=O) groups excluding carboxylic acids is 1. The van der Waals surface area contributed by atoms with Gasteiger partial charge in [-0.15, -0.1) is 0 Å². The number of halogens is 1. The maximum Gasteiger partial charge on any atom is 0.340 e. The Balaban J connectivity index is 2.54. The van der Waals surface area contributed by atoms with Gasteiger partial charge in [0.1, 0.15) is 17.3 Å². The number of esters is 1. The number of hydrogen-bond acceptors (Lipinski definition) is 6. The van der Waals surface area contributed by atoms with Crippen molar-refractivity contribution in [1.29, 1.82) is 5.26 Å². The lowest BCUT2D eigenvalue weighted by molar-refractivity contribution is 0.0526. The fraction of sp³-hybridized carbons (Fsp3) is 0.158. The van der Waals surface area contributed by atoms with Gasteiger partial charge in [0, 0.05) is 10.6 Å². The summed E-state index contributed by atoms with van der Waals surface area (Å²) in [5, 5.41) is 10.1. The molecule has 0 spiro atoms. The molecule has 3 aromatic rings. The number of hydrogen-bond donors (Lipinski definition) is 2. The van der Waals surface area contributed by atoms with Gasteiger partial charge in [0.2, 0.25) is 0 Å². The molecular formula is C19H15ClN4O3. The summed E-state index contributed by atoms with van der Waals surface area (Å²) >= 11 is 5.98. The summed E-state index contributed by atoms with van der Waals surface area (Å²) in [5.74, 6) is -0.571. The zero-order valence-corrected chi connectivity index (χ0v) is 15.3. The van der Waals surface area contributed by atoms with Crippen LogP contribution >= 0.6 is 11.6 Å². The van der Waals surface area contributed by atoms with E-state index in [1.54, 1.807) is 44.2 Å². The first kappa shape index (κ1) is 18.4. The summed E-state index contributed by atoms with van der Waals surface area (Å²) in [6.07, 6.45) is 0. The van der Waals surface area contributed by atoms with E-state index >= 15 is 0 Å². The van der Waals surface area contributed by atoms with Crippen molar-refractivity contribution in [2.45, 2.75) is 13.8 Å². The fourth-order valence-corrected chi connectivity index (χ4v) is 3.07. The predicted molar refractivity (Wildman–Crippen MR) is 103 cm³/mol. The van der Waals surface area contributed by atoms with Gasteiger partial charge in [-0.2, -0.15) is 5.26 Å². The molecule has 0 saturated carbocycles. The molecule has 1 aromatic carbocycles. The predicted octanol–water partition coefficient (Wildman–Crippen LogP) is 3.18. The van der Waals surface area contributed by atoms with Gasteiger partial charge in [-0.1, -0.05) is 23.7 Å². The van der Waals surface area contributed by atoms with E-state index in [0.717, 1.165) is 0 Å². The van der Waals surface area contributed by atoms with Crippen LogP contribution in [0, 0.1) is 18.3 Å². The molecule has 2 heterocycles. The van der Waals surface area contributed by atoms with Crippen molar-refractivity contribution < 1.29 is 9.53 Å². The number of nitrogens with zero attached hydrogens (tertiary/aromatic N) is 2. The van der Waals surface area contributed by atoms with Crippen molar-refractivity contribution in [2.24, 2.45) is 0 Å². The van der Waals surface area contributed by atoms with Gasteiger partial charge in [0.05, 0.1) is 28.9 Å². The number of ether oxygens (including phenoxy) is 1. The van der Waals surface area contributed by atoms with Crippen LogP contribution in [0.5, 0.6) is 0 Å². The van der Waals surface area contributed by atoms with Crippen LogP contribution in [0.15, 0.2) is 29.1 Å². The van der Waals surface area contributed by atoms with E-state index in [-0.39, 0.29) is 29.1 Å². The number of fused-ring (bicyclic) bond motifs is 1. The van der Waals surface area contributed by atoms with Crippen LogP contribution in [0.25, 0.3) is 22.2 Å². The van der Waals surface area contributed by atoms with Gasteiger partial charge >= 0.3 is 5.97 Å². The zero-order chi connectivity index (χ0) is 19.7. The molecule has 8 heteroatoms. The van der Waals surface area contributed by atoms with Crippen molar-refractivity contribution in [1.82, 2.24) is 9.97 Å². The van der Waals surface area contributed by atoms with Gasteiger partial charge in [0.25, 0.3) is 5.56 Å². The Hall–Kier alpha value is -3.37. The van der Waals surface area contributed by atoms with Crippen LogP contribution in [0.2, 0.25) is 5.02 Å². The number of aryl methyl sites for hydroxylation is 1. The van der Waals surface area contributed by atoms with Crippen LogP contribution < -0.4 is 11.3 Å². The largest absolute Gasteiger partial charge is 0.462 e. The van der Waals surface area contributed by atoms with Gasteiger partial charge in [-0.25, -0.2) is 9.78 Å². The smallest absolute Gasteiger partial charge is 0.340 e. The second-order valence-electron chi connectivity index (χ2n) is 5.75. The number of rotatable bonds is 3. The number of carbonyl (C=O) groups is 1. The Bertz CT molecular complexity index is 1160. The van der Waals surface area contributed by atoms with Crippen molar-refractivity contribution in [2.75, 3.05) is 12.3 Å². The first-order valence-corrected chi connectivity index (χ1v) is 8.46. The molecule has 3 rings (SSSR count). The molecule has 7 nitrogen and oxygen atoms in total. The lowest BCUT2D eigenvalue weighted by Crippen LogP contribution is -2.17. The lowest BCUT2D eigenvalue weighted by atomic mass is 9.94. The minimum absolute atomic E-state index is 0.0424. The van der Waals surface area contributed by atoms with E-state index in [0.29, 0.717) is 27.2 Å². The maximum absolute atomic E-state index is 12.6. The fourth-order valence-electron chi connectivity index (χ4n) is 2.94. The van der Waals surface area contributed by atoms with Crippen molar-refractivity contribution in [3.8, 4) is 17.2 Å². The lowest BCUT2D eigenvalue weighted by Gasteiger charge is -2.16. The minimum Gasteiger partial charge on any atom is -0.462 e. The van der Waals surface area contributed by atoms with Crippen LogP contribution in [0.3, 0.4) is 0 Å². The number of anilines is 1. The molecule has 0 saturated heterocycles. The second kappa shape index (κ2) is 7.09. The van der Waals surface area contributed by atoms with Gasteiger partial charge < -0.3 is 15.5 Å². The van der Waals surface area contributed by atoms with Crippen LogP contribution in [-0.2, 0) is 4.74 Å². The number of nitriles is 1. The molecule has 27 heavy (non-hydrogen) atoms. The molecule has 0 aliphatic heterocycles. The van der Waals surface area contributed by atoms with E-state index in [2.05, 4.69) is 9.97 Å². The Morgan fingerprint density at radius 2 is 2.04 bits per heavy atom. The standard InChI is InChI=1S/C19H15ClN4O3/c1-3-27-19(26)13-9(2)23-17-15(16(22)12(8-21)18(25)24-17)14(13)10-4-6-11(20)7-5-10/h4-7H,3H2,1-2H3,(H3,22,23,24,25). The third kappa shape index (κ3) is 3.11. The molecule has 0 aliphatic rings. The molecule has 0 aliphatic carbocycles. The average molecular weight is 383 g/mol. The van der Waals surface area contributed by atoms with Crippen molar-refractivity contribution in [3.05, 3.63) is 56.5 Å². The maximum atomic E-state index is 12.6. The third-order valence-corrected chi connectivity index (χ3v) is 4.35. The summed E-state index contributed by atoms with van der Waals surface area (Å²) in [4.78, 5) is 31.6. The molecule has 2 aromatic heterocycles. The van der Waals surface area contributed by atoms with Gasteiger partial charge in [-0.3, -0.25) is 4.79 Å². The van der Waals surface area contributed by atoms with Crippen LogP contribution in [0.1, 0.15) is 28.5 Å². The normalized spacial score (nSPS) is 10.6. The molecule has 0 atom stereocenters. The number of nitrogens with two attached hydrogens (primary N) is 1. The summed E-state index contributed by atoms with van der Waals surface area (Å²) in [7, 11) is 0. The topological polar surface area (TPSA) is 122 Å². The number of aromatic nitrogens is 2. The average Bonchev–Trinajstić information content (AvgIpc) is 2.61. The summed E-state index contributed by atoms with van der Waals surface area (Å²) in [5.41, 5.74) is 7.04. The third-order valence-electron chi connectivity index (χ3n) is 4.10. The van der Waals surface area contributed by atoms with Crippen LogP contribution in [0.4, 0.5) is 5.69 Å². The highest BCUT2D eigenvalue weighted by molar-refractivity contribution is 6.30. The first-order chi connectivity index (χ1) is 12.9. The van der Waals surface area contributed by atoms with Gasteiger partial charge in [0.15, 0.2) is 0 Å². The monoisotopic (exact) mass is 382 g/mol. The summed E-state index contributed by atoms with van der Waals surface area (Å²) in [6.45, 7) is 3.52. The summed E-state index contributed by atoms with van der Waals surface area (Å²) in [6, 6.07) is 8.57. The molecular weight excluding hydrogens is 368 g/mol. The van der Waals surface area contributed by atoms with Gasteiger partial charge in [-0.05, 0) is 31.5 Å². The highest BCUT2D eigenvalue weighted by Crippen LogP contribution is 2.36. The molecule has 0 amide bonds. The number of aromatic amines is 1. The Morgan fingerprint density at radius 3 is 2.63 bits per heavy atom. The first-order valence-electron chi connectivity index (χ1n) is 8.08. The molecule has 0 unspecified atom stereocenters. The highest BCUT2D eigenvalue weighted by Gasteiger charge is 2.25. The highest BCUT2D eigenvalue weighted by atomic mass is 35.5. The van der Waals surface area contributed by atoms with E-state index in [4.69, 9.17) is 22.1 Å². The van der Waals surface area contributed by atoms with E-state index in [1.165, 1.54) is 0 Å². The van der Waals surface area contributed by atoms with E-state index in [1.807, 2.05) is 0 Å². The second-order valence-corrected chi connectivity index (χ2v) is 6.19. The molecule has 136 valence electrons. The number of pyridine rings is 2. The molecule has 3 N–H and O–H groups in total. The molecule has 0 fully saturated rings. The molecule has 0 radical (unpaired) electrons. The number of H-pyrrole nitrogens is 1. The zero-order valence-electron chi connectivity index (χ0n) is 14.6. The van der Waals surface area contributed by atoms with E-state index in [9.17, 15) is 14.9 Å². The Labute approximate surface area is 159 Å². The quantitative estimate of drug-likeness (QED) is 0.671.